The maximum absolute atomic E-state index is 13.3. The summed E-state index contributed by atoms with van der Waals surface area (Å²) in [5, 5.41) is 0. The molecule has 1 atom stereocenters. The van der Waals surface area contributed by atoms with E-state index < -0.39 is 10.0 Å². The van der Waals surface area contributed by atoms with Crippen LogP contribution in [0.4, 0.5) is 0 Å². The van der Waals surface area contributed by atoms with Crippen molar-refractivity contribution in [2.75, 3.05) is 12.9 Å². The summed E-state index contributed by atoms with van der Waals surface area (Å²) in [4.78, 5) is 0.261. The van der Waals surface area contributed by atoms with E-state index in [1.54, 1.807) is 35.7 Å². The van der Waals surface area contributed by atoms with Crippen molar-refractivity contribution in [3.63, 3.8) is 0 Å². The number of thiol groups is 1. The number of benzene rings is 2. The number of rotatable bonds is 8. The maximum atomic E-state index is 13.3. The number of hydrogen-bond acceptors (Lipinski definition) is 4. The zero-order valence-corrected chi connectivity index (χ0v) is 16.5. The first kappa shape index (κ1) is 19.8. The number of ether oxygens (including phenoxy) is 1. The second kappa shape index (κ2) is 8.74. The van der Waals surface area contributed by atoms with E-state index in [0.717, 1.165) is 5.56 Å². The van der Waals surface area contributed by atoms with Crippen LogP contribution in [-0.2, 0) is 16.6 Å². The van der Waals surface area contributed by atoms with Crippen molar-refractivity contribution in [1.29, 1.82) is 0 Å². The molecule has 2 aromatic carbocycles. The Kier molecular flexibility index (Phi) is 6.93. The largest absolute Gasteiger partial charge is 0.497 e. The molecular weight excluding hydrogens is 354 g/mol. The summed E-state index contributed by atoms with van der Waals surface area (Å²) in [5.41, 5.74) is 0.951. The lowest BCUT2D eigenvalue weighted by Crippen LogP contribution is -2.44. The fourth-order valence-corrected chi connectivity index (χ4v) is 5.13. The molecule has 2 rings (SSSR count). The number of methoxy groups -OCH3 is 1. The summed E-state index contributed by atoms with van der Waals surface area (Å²) in [7, 11) is -2.10. The Morgan fingerprint density at radius 2 is 1.64 bits per heavy atom. The standard InChI is InChI=1S/C19H25NO3S2/c1-15(2)19(14-24)20(13-16-7-5-4-6-8-16)25(21,22)18-11-9-17(23-3)10-12-18/h4-12,15,19,24H,13-14H2,1-3H3/t19-/m0/s1. The van der Waals surface area contributed by atoms with Gasteiger partial charge in [0.1, 0.15) is 5.75 Å². The fourth-order valence-electron chi connectivity index (χ4n) is 2.66. The monoisotopic (exact) mass is 379 g/mol. The van der Waals surface area contributed by atoms with Crippen molar-refractivity contribution < 1.29 is 13.2 Å². The van der Waals surface area contributed by atoms with Crippen molar-refractivity contribution in [2.24, 2.45) is 5.92 Å². The summed E-state index contributed by atoms with van der Waals surface area (Å²) in [6.07, 6.45) is 0. The van der Waals surface area contributed by atoms with Crippen LogP contribution < -0.4 is 4.74 Å². The van der Waals surface area contributed by atoms with Gasteiger partial charge < -0.3 is 4.74 Å². The molecule has 0 amide bonds. The molecule has 0 unspecified atom stereocenters. The normalized spacial score (nSPS) is 13.2. The quantitative estimate of drug-likeness (QED) is 0.709. The van der Waals surface area contributed by atoms with Crippen LogP contribution in [0.5, 0.6) is 5.75 Å². The molecule has 0 radical (unpaired) electrons. The van der Waals surface area contributed by atoms with Gasteiger partial charge in [0.25, 0.3) is 0 Å². The van der Waals surface area contributed by atoms with Crippen molar-refractivity contribution in [1.82, 2.24) is 4.31 Å². The van der Waals surface area contributed by atoms with Gasteiger partial charge in [-0.15, -0.1) is 0 Å². The Morgan fingerprint density at radius 3 is 2.12 bits per heavy atom. The van der Waals surface area contributed by atoms with Gasteiger partial charge in [0.2, 0.25) is 10.0 Å². The molecule has 0 N–H and O–H groups in total. The highest BCUT2D eigenvalue weighted by molar-refractivity contribution is 7.89. The van der Waals surface area contributed by atoms with E-state index in [-0.39, 0.29) is 16.9 Å². The average molecular weight is 380 g/mol. The Morgan fingerprint density at radius 1 is 1.04 bits per heavy atom. The van der Waals surface area contributed by atoms with Crippen LogP contribution in [0.2, 0.25) is 0 Å². The highest BCUT2D eigenvalue weighted by Gasteiger charge is 2.32. The van der Waals surface area contributed by atoms with Gasteiger partial charge in [0, 0.05) is 18.3 Å². The first-order valence-electron chi connectivity index (χ1n) is 8.20. The third kappa shape index (κ3) is 4.77. The lowest BCUT2D eigenvalue weighted by atomic mass is 10.1. The van der Waals surface area contributed by atoms with Gasteiger partial charge in [-0.25, -0.2) is 8.42 Å². The lowest BCUT2D eigenvalue weighted by molar-refractivity contribution is 0.275. The predicted molar refractivity (Wildman–Crippen MR) is 105 cm³/mol. The molecule has 6 heteroatoms. The number of hydrogen-bond donors (Lipinski definition) is 1. The van der Waals surface area contributed by atoms with Gasteiger partial charge in [-0.2, -0.15) is 16.9 Å². The Balaban J connectivity index is 2.44. The van der Waals surface area contributed by atoms with Crippen molar-refractivity contribution in [3.8, 4) is 5.75 Å². The lowest BCUT2D eigenvalue weighted by Gasteiger charge is -2.32. The van der Waals surface area contributed by atoms with Crippen LogP contribution in [0.25, 0.3) is 0 Å². The van der Waals surface area contributed by atoms with E-state index in [1.807, 2.05) is 44.2 Å². The van der Waals surface area contributed by atoms with Gasteiger partial charge in [0.05, 0.1) is 12.0 Å². The number of sulfonamides is 1. The molecular formula is C19H25NO3S2. The highest BCUT2D eigenvalue weighted by Crippen LogP contribution is 2.26. The molecule has 25 heavy (non-hydrogen) atoms. The van der Waals surface area contributed by atoms with Crippen LogP contribution in [0, 0.1) is 5.92 Å². The van der Waals surface area contributed by atoms with Gasteiger partial charge in [-0.1, -0.05) is 44.2 Å². The first-order chi connectivity index (χ1) is 11.9. The summed E-state index contributed by atoms with van der Waals surface area (Å²) >= 11 is 4.41. The molecule has 0 heterocycles. The van der Waals surface area contributed by atoms with E-state index in [1.165, 1.54) is 0 Å². The molecule has 2 aromatic rings. The van der Waals surface area contributed by atoms with Crippen LogP contribution in [0.1, 0.15) is 19.4 Å². The first-order valence-corrected chi connectivity index (χ1v) is 10.3. The minimum atomic E-state index is -3.65. The Hall–Kier alpha value is -1.50. The molecule has 0 aromatic heterocycles. The van der Waals surface area contributed by atoms with Crippen molar-refractivity contribution in [3.05, 3.63) is 60.2 Å². The minimum Gasteiger partial charge on any atom is -0.497 e. The molecule has 0 bridgehead atoms. The third-order valence-corrected chi connectivity index (χ3v) is 6.43. The van der Waals surface area contributed by atoms with Crippen LogP contribution >= 0.6 is 12.6 Å². The van der Waals surface area contributed by atoms with E-state index in [9.17, 15) is 8.42 Å². The molecule has 0 aliphatic heterocycles. The molecule has 136 valence electrons. The molecule has 0 aliphatic carbocycles. The predicted octanol–water partition coefficient (Wildman–Crippen LogP) is 3.84. The van der Waals surface area contributed by atoms with Crippen molar-refractivity contribution >= 4 is 22.7 Å². The summed E-state index contributed by atoms with van der Waals surface area (Å²) in [5.74, 6) is 1.23. The summed E-state index contributed by atoms with van der Waals surface area (Å²) < 4.78 is 33.3. The maximum Gasteiger partial charge on any atom is 0.243 e. The second-order valence-electron chi connectivity index (χ2n) is 6.21. The van der Waals surface area contributed by atoms with E-state index in [0.29, 0.717) is 18.0 Å². The molecule has 4 nitrogen and oxygen atoms in total. The fraction of sp³-hybridized carbons (Fsp3) is 0.368. The average Bonchev–Trinajstić information content (AvgIpc) is 2.62. The minimum absolute atomic E-state index is 0.147. The highest BCUT2D eigenvalue weighted by atomic mass is 32.2. The van der Waals surface area contributed by atoms with E-state index in [4.69, 9.17) is 4.74 Å². The topological polar surface area (TPSA) is 46.6 Å². The molecule has 0 saturated carbocycles. The van der Waals surface area contributed by atoms with Crippen LogP contribution in [-0.4, -0.2) is 31.6 Å². The van der Waals surface area contributed by atoms with Gasteiger partial charge in [-0.05, 0) is 35.7 Å². The van der Waals surface area contributed by atoms with E-state index >= 15 is 0 Å². The summed E-state index contributed by atoms with van der Waals surface area (Å²) in [6.45, 7) is 4.35. The van der Waals surface area contributed by atoms with Gasteiger partial charge in [0.15, 0.2) is 0 Å². The third-order valence-electron chi connectivity index (χ3n) is 4.17. The molecule has 0 aliphatic rings. The zero-order valence-electron chi connectivity index (χ0n) is 14.8. The van der Waals surface area contributed by atoms with E-state index in [2.05, 4.69) is 12.6 Å². The molecule has 0 spiro atoms. The summed E-state index contributed by atoms with van der Waals surface area (Å²) in [6, 6.07) is 15.9. The smallest absolute Gasteiger partial charge is 0.243 e. The second-order valence-corrected chi connectivity index (χ2v) is 8.46. The van der Waals surface area contributed by atoms with Crippen molar-refractivity contribution in [2.45, 2.75) is 31.3 Å². The van der Waals surface area contributed by atoms with Crippen LogP contribution in [0.3, 0.4) is 0 Å². The zero-order chi connectivity index (χ0) is 18.4. The SMILES string of the molecule is COc1ccc(S(=O)(=O)N(Cc2ccccc2)[C@@H](CS)C(C)C)cc1. The van der Waals surface area contributed by atoms with Gasteiger partial charge in [-0.3, -0.25) is 0 Å². The van der Waals surface area contributed by atoms with Crippen LogP contribution in [0.15, 0.2) is 59.5 Å². The molecule has 0 saturated heterocycles. The Bertz CT molecular complexity index is 759. The number of nitrogens with zero attached hydrogens (tertiary/aromatic N) is 1. The molecule has 0 fully saturated rings. The van der Waals surface area contributed by atoms with Gasteiger partial charge >= 0.3 is 0 Å². The Labute approximate surface area is 156 Å².